The molecule has 0 bridgehead atoms. The van der Waals surface area contributed by atoms with Crippen LogP contribution in [0.25, 0.3) is 0 Å². The van der Waals surface area contributed by atoms with Crippen LogP contribution < -0.4 is 16.2 Å². The molecule has 0 fully saturated rings. The van der Waals surface area contributed by atoms with Gasteiger partial charge in [-0.05, 0) is 12.5 Å². The van der Waals surface area contributed by atoms with Gasteiger partial charge in [0.25, 0.3) is 0 Å². The van der Waals surface area contributed by atoms with Crippen molar-refractivity contribution < 1.29 is 9.84 Å². The Morgan fingerprint density at radius 3 is 2.93 bits per heavy atom. The van der Waals surface area contributed by atoms with Crippen molar-refractivity contribution in [2.45, 2.75) is 12.5 Å². The normalized spacial score (nSPS) is 12.5. The van der Waals surface area contributed by atoms with E-state index in [-0.39, 0.29) is 12.6 Å². The first kappa shape index (κ1) is 10.7. The highest BCUT2D eigenvalue weighted by molar-refractivity contribution is 5.43. The SMILES string of the molecule is COc1ncc(N)cc1[C@@H](N)CCO. The zero-order chi connectivity index (χ0) is 10.6. The van der Waals surface area contributed by atoms with E-state index in [2.05, 4.69) is 4.98 Å². The lowest BCUT2D eigenvalue weighted by molar-refractivity contribution is 0.274. The van der Waals surface area contributed by atoms with Crippen LogP contribution in [0.5, 0.6) is 5.88 Å². The Bertz CT molecular complexity index is 304. The summed E-state index contributed by atoms with van der Waals surface area (Å²) < 4.78 is 5.04. The van der Waals surface area contributed by atoms with E-state index in [1.54, 1.807) is 6.07 Å². The van der Waals surface area contributed by atoms with Crippen molar-refractivity contribution in [2.24, 2.45) is 5.73 Å². The molecule has 0 aromatic carbocycles. The van der Waals surface area contributed by atoms with Crippen LogP contribution in [-0.4, -0.2) is 23.8 Å². The first-order chi connectivity index (χ1) is 6.69. The van der Waals surface area contributed by atoms with Crippen molar-refractivity contribution in [2.75, 3.05) is 19.5 Å². The molecule has 0 unspecified atom stereocenters. The Morgan fingerprint density at radius 2 is 2.36 bits per heavy atom. The summed E-state index contributed by atoms with van der Waals surface area (Å²) in [5.74, 6) is 0.458. The predicted octanol–water partition coefficient (Wildman–Crippen LogP) is 0.0546. The molecule has 1 atom stereocenters. The third-order valence-corrected chi connectivity index (χ3v) is 1.93. The van der Waals surface area contributed by atoms with Crippen molar-refractivity contribution in [3.63, 3.8) is 0 Å². The highest BCUT2D eigenvalue weighted by atomic mass is 16.5. The number of anilines is 1. The van der Waals surface area contributed by atoms with Gasteiger partial charge in [0.2, 0.25) is 5.88 Å². The summed E-state index contributed by atoms with van der Waals surface area (Å²) in [4.78, 5) is 3.99. The average Bonchev–Trinajstić information content (AvgIpc) is 2.18. The van der Waals surface area contributed by atoms with Crippen molar-refractivity contribution in [3.05, 3.63) is 17.8 Å². The second-order valence-electron chi connectivity index (χ2n) is 2.99. The quantitative estimate of drug-likeness (QED) is 0.634. The number of hydrogen-bond donors (Lipinski definition) is 3. The number of hydrogen-bond acceptors (Lipinski definition) is 5. The fourth-order valence-electron chi connectivity index (χ4n) is 1.22. The van der Waals surface area contributed by atoms with Gasteiger partial charge in [0, 0.05) is 18.2 Å². The van der Waals surface area contributed by atoms with E-state index in [9.17, 15) is 0 Å². The van der Waals surface area contributed by atoms with E-state index in [0.29, 0.717) is 18.0 Å². The summed E-state index contributed by atoms with van der Waals surface area (Å²) in [6.07, 6.45) is 1.97. The molecule has 5 N–H and O–H groups in total. The maximum absolute atomic E-state index is 8.76. The number of nitrogen functional groups attached to an aromatic ring is 1. The molecule has 78 valence electrons. The number of aromatic nitrogens is 1. The minimum absolute atomic E-state index is 0.0269. The zero-order valence-corrected chi connectivity index (χ0v) is 8.10. The molecule has 0 amide bonds. The van der Waals surface area contributed by atoms with Crippen LogP contribution in [0.3, 0.4) is 0 Å². The van der Waals surface area contributed by atoms with E-state index in [0.717, 1.165) is 5.56 Å². The van der Waals surface area contributed by atoms with Crippen molar-refractivity contribution >= 4 is 5.69 Å². The van der Waals surface area contributed by atoms with Gasteiger partial charge in [0.15, 0.2) is 0 Å². The maximum atomic E-state index is 8.76. The molecule has 1 aromatic heterocycles. The zero-order valence-electron chi connectivity index (χ0n) is 8.10. The molecule has 0 spiro atoms. The van der Waals surface area contributed by atoms with Crippen molar-refractivity contribution in [3.8, 4) is 5.88 Å². The molecule has 0 aliphatic rings. The van der Waals surface area contributed by atoms with E-state index in [4.69, 9.17) is 21.3 Å². The largest absolute Gasteiger partial charge is 0.481 e. The van der Waals surface area contributed by atoms with Gasteiger partial charge in [0.05, 0.1) is 19.0 Å². The number of nitrogens with zero attached hydrogens (tertiary/aromatic N) is 1. The van der Waals surface area contributed by atoms with Crippen LogP contribution in [-0.2, 0) is 0 Å². The van der Waals surface area contributed by atoms with Crippen LogP contribution in [0.2, 0.25) is 0 Å². The fourth-order valence-corrected chi connectivity index (χ4v) is 1.22. The Balaban J connectivity index is 2.97. The molecule has 0 saturated carbocycles. The predicted molar refractivity (Wildman–Crippen MR) is 53.8 cm³/mol. The summed E-state index contributed by atoms with van der Waals surface area (Å²) in [7, 11) is 1.52. The van der Waals surface area contributed by atoms with E-state index in [1.807, 2.05) is 0 Å². The molecule has 1 rings (SSSR count). The van der Waals surface area contributed by atoms with Crippen LogP contribution in [0.4, 0.5) is 5.69 Å². The molecular weight excluding hydrogens is 182 g/mol. The number of aliphatic hydroxyl groups excluding tert-OH is 1. The average molecular weight is 197 g/mol. The number of ether oxygens (including phenoxy) is 1. The Kier molecular flexibility index (Phi) is 3.67. The number of methoxy groups -OCH3 is 1. The first-order valence-electron chi connectivity index (χ1n) is 4.35. The van der Waals surface area contributed by atoms with E-state index >= 15 is 0 Å². The number of aliphatic hydroxyl groups is 1. The van der Waals surface area contributed by atoms with E-state index < -0.39 is 0 Å². The lowest BCUT2D eigenvalue weighted by Gasteiger charge is -2.13. The molecule has 0 aliphatic carbocycles. The topological polar surface area (TPSA) is 94.4 Å². The van der Waals surface area contributed by atoms with Gasteiger partial charge >= 0.3 is 0 Å². The van der Waals surface area contributed by atoms with Gasteiger partial charge < -0.3 is 21.3 Å². The molecule has 0 saturated heterocycles. The number of pyridine rings is 1. The van der Waals surface area contributed by atoms with Gasteiger partial charge in [-0.25, -0.2) is 4.98 Å². The lowest BCUT2D eigenvalue weighted by atomic mass is 10.1. The Hall–Kier alpha value is -1.33. The Labute approximate surface area is 82.7 Å². The molecule has 5 heteroatoms. The summed E-state index contributed by atoms with van der Waals surface area (Å²) in [6.45, 7) is 0.0269. The second-order valence-corrected chi connectivity index (χ2v) is 2.99. The standard InChI is InChI=1S/C9H15N3O2/c1-14-9-7(8(11)2-3-13)4-6(10)5-12-9/h4-5,8,13H,2-3,10-11H2,1H3/t8-/m0/s1. The second kappa shape index (κ2) is 4.78. The number of nitrogens with two attached hydrogens (primary N) is 2. The van der Waals surface area contributed by atoms with Crippen LogP contribution in [0.1, 0.15) is 18.0 Å². The molecule has 1 aromatic rings. The summed E-state index contributed by atoms with van der Waals surface area (Å²) in [5, 5.41) is 8.76. The monoisotopic (exact) mass is 197 g/mol. The van der Waals surface area contributed by atoms with Crippen molar-refractivity contribution in [1.29, 1.82) is 0 Å². The minimum atomic E-state index is -0.300. The van der Waals surface area contributed by atoms with Gasteiger partial charge in [0.1, 0.15) is 0 Å². The summed E-state index contributed by atoms with van der Waals surface area (Å²) in [6, 6.07) is 1.41. The third-order valence-electron chi connectivity index (χ3n) is 1.93. The molecule has 14 heavy (non-hydrogen) atoms. The summed E-state index contributed by atoms with van der Waals surface area (Å²) >= 11 is 0. The van der Waals surface area contributed by atoms with Gasteiger partial charge in [-0.3, -0.25) is 0 Å². The molecule has 0 aliphatic heterocycles. The first-order valence-corrected chi connectivity index (χ1v) is 4.35. The van der Waals surface area contributed by atoms with Gasteiger partial charge in [-0.15, -0.1) is 0 Å². The Morgan fingerprint density at radius 1 is 1.64 bits per heavy atom. The third kappa shape index (κ3) is 2.34. The molecule has 0 radical (unpaired) electrons. The number of rotatable bonds is 4. The highest BCUT2D eigenvalue weighted by Crippen LogP contribution is 2.24. The van der Waals surface area contributed by atoms with Gasteiger partial charge in [-0.1, -0.05) is 0 Å². The summed E-state index contributed by atoms with van der Waals surface area (Å²) in [5.41, 5.74) is 12.7. The van der Waals surface area contributed by atoms with Crippen LogP contribution in [0.15, 0.2) is 12.3 Å². The van der Waals surface area contributed by atoms with Crippen LogP contribution in [0, 0.1) is 0 Å². The van der Waals surface area contributed by atoms with Crippen LogP contribution >= 0.6 is 0 Å². The maximum Gasteiger partial charge on any atom is 0.217 e. The lowest BCUT2D eigenvalue weighted by Crippen LogP contribution is -2.14. The molecule has 1 heterocycles. The van der Waals surface area contributed by atoms with Gasteiger partial charge in [-0.2, -0.15) is 0 Å². The minimum Gasteiger partial charge on any atom is -0.481 e. The van der Waals surface area contributed by atoms with Crippen molar-refractivity contribution in [1.82, 2.24) is 4.98 Å². The van der Waals surface area contributed by atoms with E-state index in [1.165, 1.54) is 13.3 Å². The fraction of sp³-hybridized carbons (Fsp3) is 0.444. The highest BCUT2D eigenvalue weighted by Gasteiger charge is 2.12. The molecular formula is C9H15N3O2. The smallest absolute Gasteiger partial charge is 0.217 e. The molecule has 5 nitrogen and oxygen atoms in total.